The smallest absolute Gasteiger partial charge is 0.147 e. The molecule has 1 aliphatic heterocycles. The van der Waals surface area contributed by atoms with Gasteiger partial charge in [-0.05, 0) is 69.7 Å². The van der Waals surface area contributed by atoms with Gasteiger partial charge in [-0.1, -0.05) is 0 Å². The fourth-order valence-corrected chi connectivity index (χ4v) is 3.28. The number of aryl methyl sites for hydroxylation is 2. The molecule has 0 fully saturated rings. The number of benzene rings is 1. The molecule has 1 aliphatic rings. The maximum Gasteiger partial charge on any atom is 0.147 e. The monoisotopic (exact) mass is 363 g/mol. The minimum absolute atomic E-state index is 0.0393. The first kappa shape index (κ1) is 17.3. The predicted octanol–water partition coefficient (Wildman–Crippen LogP) is 5.40. The Hall–Kier alpha value is -3.08. The second-order valence-electron chi connectivity index (χ2n) is 7.17. The van der Waals surface area contributed by atoms with Gasteiger partial charge in [0.2, 0.25) is 0 Å². The molecule has 4 rings (SSSR count). The van der Waals surface area contributed by atoms with Gasteiger partial charge < -0.3 is 14.7 Å². The highest BCUT2D eigenvalue weighted by Crippen LogP contribution is 2.28. The number of H-pyrrole nitrogens is 2. The van der Waals surface area contributed by atoms with Gasteiger partial charge in [0.1, 0.15) is 17.3 Å². The number of hydrogen-bond donors (Lipinski definition) is 2. The summed E-state index contributed by atoms with van der Waals surface area (Å²) in [4.78, 5) is 11.4. The quantitative estimate of drug-likeness (QED) is 0.640. The van der Waals surface area contributed by atoms with Gasteiger partial charge in [0, 0.05) is 28.4 Å². The largest absolute Gasteiger partial charge is 0.489 e. The lowest BCUT2D eigenvalue weighted by molar-refractivity contribution is 0.155. The fourth-order valence-electron chi connectivity index (χ4n) is 3.28. The van der Waals surface area contributed by atoms with Crippen LogP contribution in [0.4, 0.5) is 4.39 Å². The van der Waals surface area contributed by atoms with Crippen LogP contribution in [0.5, 0.6) is 0 Å². The van der Waals surface area contributed by atoms with Gasteiger partial charge in [-0.15, -0.1) is 0 Å². The molecule has 2 N–H and O–H groups in total. The van der Waals surface area contributed by atoms with E-state index >= 15 is 0 Å². The van der Waals surface area contributed by atoms with Crippen molar-refractivity contribution in [1.29, 1.82) is 0 Å². The van der Waals surface area contributed by atoms with Gasteiger partial charge >= 0.3 is 0 Å². The van der Waals surface area contributed by atoms with Crippen molar-refractivity contribution < 1.29 is 9.13 Å². The summed E-state index contributed by atoms with van der Waals surface area (Å²) in [5.41, 5.74) is 6.42. The number of aromatic amines is 2. The number of ether oxygens (including phenoxy) is 1. The number of rotatable bonds is 4. The molecule has 0 atom stereocenters. The molecular formula is C22H22FN3O. The standard InChI is InChI=1S/C22H22FN3O/c1-12(2)27-22-11-20(19-8-15-5-6-16(23)9-18(15)25-19)26-21(22)10-17-13(3)7-14(4)24-17/h5-12,24-25H,1-4H3. The first-order valence-corrected chi connectivity index (χ1v) is 9.03. The Morgan fingerprint density at radius 2 is 1.93 bits per heavy atom. The summed E-state index contributed by atoms with van der Waals surface area (Å²) < 4.78 is 19.5. The molecule has 5 heteroatoms. The highest BCUT2D eigenvalue weighted by molar-refractivity contribution is 6.13. The Labute approximate surface area is 157 Å². The SMILES string of the molecule is Cc1cc(C)c(C=C2N=C(c3cc4ccc(F)cc4[nH]3)C=C2OC(C)C)[nH]1. The van der Waals surface area contributed by atoms with Crippen molar-refractivity contribution in [3.05, 3.63) is 76.3 Å². The molecule has 0 saturated heterocycles. The zero-order chi connectivity index (χ0) is 19.1. The Kier molecular flexibility index (Phi) is 4.22. The predicted molar refractivity (Wildman–Crippen MR) is 107 cm³/mol. The number of aliphatic imine (C=N–C) groups is 1. The summed E-state index contributed by atoms with van der Waals surface area (Å²) in [6, 6.07) is 8.79. The Morgan fingerprint density at radius 3 is 2.63 bits per heavy atom. The minimum Gasteiger partial charge on any atom is -0.489 e. The summed E-state index contributed by atoms with van der Waals surface area (Å²) in [5, 5.41) is 0.946. The van der Waals surface area contributed by atoms with E-state index < -0.39 is 0 Å². The number of fused-ring (bicyclic) bond motifs is 1. The first-order valence-electron chi connectivity index (χ1n) is 9.03. The van der Waals surface area contributed by atoms with Crippen LogP contribution in [0.15, 0.2) is 52.9 Å². The first-order chi connectivity index (χ1) is 12.9. The van der Waals surface area contributed by atoms with Crippen molar-refractivity contribution in [3.8, 4) is 0 Å². The third-order valence-corrected chi connectivity index (χ3v) is 4.46. The molecule has 0 bridgehead atoms. The van der Waals surface area contributed by atoms with Crippen molar-refractivity contribution in [2.75, 3.05) is 0 Å². The molecule has 138 valence electrons. The summed E-state index contributed by atoms with van der Waals surface area (Å²) >= 11 is 0. The molecule has 0 unspecified atom stereocenters. The van der Waals surface area contributed by atoms with Crippen LogP contribution in [-0.4, -0.2) is 21.8 Å². The number of nitrogens with zero attached hydrogens (tertiary/aromatic N) is 1. The van der Waals surface area contributed by atoms with Crippen LogP contribution >= 0.6 is 0 Å². The Balaban J connectivity index is 1.77. The number of nitrogens with one attached hydrogen (secondary N) is 2. The van der Waals surface area contributed by atoms with E-state index in [4.69, 9.17) is 9.73 Å². The summed E-state index contributed by atoms with van der Waals surface area (Å²) in [6.07, 6.45) is 3.97. The van der Waals surface area contributed by atoms with E-state index in [1.54, 1.807) is 6.07 Å². The van der Waals surface area contributed by atoms with Gasteiger partial charge in [0.25, 0.3) is 0 Å². The molecule has 0 amide bonds. The van der Waals surface area contributed by atoms with Gasteiger partial charge in [0.15, 0.2) is 0 Å². The highest BCUT2D eigenvalue weighted by Gasteiger charge is 2.20. The summed E-state index contributed by atoms with van der Waals surface area (Å²) in [6.45, 7) is 8.08. The lowest BCUT2D eigenvalue weighted by Crippen LogP contribution is -2.02. The molecule has 3 heterocycles. The van der Waals surface area contributed by atoms with E-state index in [-0.39, 0.29) is 11.9 Å². The van der Waals surface area contributed by atoms with Crippen molar-refractivity contribution >= 4 is 22.7 Å². The number of hydrogen-bond acceptors (Lipinski definition) is 2. The molecular weight excluding hydrogens is 341 g/mol. The molecule has 1 aromatic carbocycles. The molecule has 4 nitrogen and oxygen atoms in total. The van der Waals surface area contributed by atoms with Crippen molar-refractivity contribution in [1.82, 2.24) is 9.97 Å². The average Bonchev–Trinajstić information content (AvgIpc) is 3.25. The van der Waals surface area contributed by atoms with E-state index in [9.17, 15) is 4.39 Å². The third kappa shape index (κ3) is 3.45. The number of allylic oxidation sites excluding steroid dienone is 1. The van der Waals surface area contributed by atoms with Crippen LogP contribution in [0.25, 0.3) is 17.0 Å². The second kappa shape index (κ2) is 6.58. The van der Waals surface area contributed by atoms with Gasteiger partial charge in [-0.2, -0.15) is 0 Å². The van der Waals surface area contributed by atoms with E-state index in [2.05, 4.69) is 23.0 Å². The van der Waals surface area contributed by atoms with Gasteiger partial charge in [-0.25, -0.2) is 9.38 Å². The van der Waals surface area contributed by atoms with E-state index in [1.165, 1.54) is 12.1 Å². The molecule has 0 saturated carbocycles. The summed E-state index contributed by atoms with van der Waals surface area (Å²) in [5.74, 6) is 0.471. The van der Waals surface area contributed by atoms with Crippen LogP contribution in [-0.2, 0) is 4.74 Å². The van der Waals surface area contributed by atoms with Crippen LogP contribution in [0.2, 0.25) is 0 Å². The van der Waals surface area contributed by atoms with Gasteiger partial charge in [-0.3, -0.25) is 0 Å². The molecule has 3 aromatic rings. The maximum absolute atomic E-state index is 13.5. The van der Waals surface area contributed by atoms with Crippen molar-refractivity contribution in [2.24, 2.45) is 4.99 Å². The fraction of sp³-hybridized carbons (Fsp3) is 0.227. The Morgan fingerprint density at radius 1 is 1.11 bits per heavy atom. The molecule has 0 radical (unpaired) electrons. The molecule has 2 aromatic heterocycles. The molecule has 0 aliphatic carbocycles. The number of halogens is 1. The van der Waals surface area contributed by atoms with Crippen LogP contribution < -0.4 is 0 Å². The van der Waals surface area contributed by atoms with Crippen LogP contribution in [0.3, 0.4) is 0 Å². The normalized spacial score (nSPS) is 15.7. The number of aromatic nitrogens is 2. The van der Waals surface area contributed by atoms with Crippen molar-refractivity contribution in [3.63, 3.8) is 0 Å². The van der Waals surface area contributed by atoms with Crippen molar-refractivity contribution in [2.45, 2.75) is 33.8 Å². The van der Waals surface area contributed by atoms with E-state index in [0.29, 0.717) is 0 Å². The zero-order valence-corrected chi connectivity index (χ0v) is 15.9. The molecule has 27 heavy (non-hydrogen) atoms. The lowest BCUT2D eigenvalue weighted by Gasteiger charge is -2.11. The van der Waals surface area contributed by atoms with E-state index in [0.717, 1.165) is 50.7 Å². The topological polar surface area (TPSA) is 53.2 Å². The summed E-state index contributed by atoms with van der Waals surface area (Å²) in [7, 11) is 0. The highest BCUT2D eigenvalue weighted by atomic mass is 19.1. The van der Waals surface area contributed by atoms with E-state index in [1.807, 2.05) is 39.0 Å². The molecule has 0 spiro atoms. The van der Waals surface area contributed by atoms with Gasteiger partial charge in [0.05, 0.1) is 17.5 Å². The third-order valence-electron chi connectivity index (χ3n) is 4.46. The van der Waals surface area contributed by atoms with Crippen LogP contribution in [0, 0.1) is 19.7 Å². The zero-order valence-electron chi connectivity index (χ0n) is 15.9. The lowest BCUT2D eigenvalue weighted by atomic mass is 10.2. The minimum atomic E-state index is -0.262. The Bertz CT molecular complexity index is 1110. The second-order valence-corrected chi connectivity index (χ2v) is 7.17. The average molecular weight is 363 g/mol. The maximum atomic E-state index is 13.5. The van der Waals surface area contributed by atoms with Crippen LogP contribution in [0.1, 0.15) is 36.5 Å².